The van der Waals surface area contributed by atoms with Crippen LogP contribution in [0.4, 0.5) is 0 Å². The predicted molar refractivity (Wildman–Crippen MR) is 275 cm³/mol. The number of para-hydroxylation sites is 1. The number of nitrogens with zero attached hydrogens (tertiary/aromatic N) is 2. The minimum absolute atomic E-state index is 0.0595. The zero-order chi connectivity index (χ0) is 44.1. The highest BCUT2D eigenvalue weighted by Crippen LogP contribution is 2.63. The summed E-state index contributed by atoms with van der Waals surface area (Å²) in [4.78, 5) is 10.4. The van der Waals surface area contributed by atoms with Gasteiger partial charge in [0.2, 0.25) is 0 Å². The first-order valence-corrected chi connectivity index (χ1v) is 24.6. The topological polar surface area (TPSA) is 38.9 Å². The number of hydrogen-bond acceptors (Lipinski definition) is 3. The molecule has 0 unspecified atom stereocenters. The van der Waals surface area contributed by atoms with Crippen LogP contribution in [0.1, 0.15) is 86.5 Å². The Labute approximate surface area is 392 Å². The molecule has 4 aliphatic rings. The van der Waals surface area contributed by atoms with E-state index in [1.165, 1.54) is 103 Å². The van der Waals surface area contributed by atoms with Crippen LogP contribution in [-0.4, -0.2) is 9.97 Å². The van der Waals surface area contributed by atoms with Crippen LogP contribution in [0.2, 0.25) is 0 Å². The van der Waals surface area contributed by atoms with Crippen LogP contribution >= 0.6 is 0 Å². The average molecular weight is 863 g/mol. The Kier molecular flexibility index (Phi) is 8.75. The molecule has 67 heavy (non-hydrogen) atoms. The van der Waals surface area contributed by atoms with E-state index in [0.717, 1.165) is 55.6 Å². The average Bonchev–Trinajstić information content (AvgIpc) is 3.99. The molecule has 2 spiro atoms. The van der Waals surface area contributed by atoms with Crippen molar-refractivity contribution in [2.45, 2.75) is 75.0 Å². The lowest BCUT2D eigenvalue weighted by atomic mass is 9.66. The fourth-order valence-electron chi connectivity index (χ4n) is 13.2. The highest BCUT2D eigenvalue weighted by atomic mass is 16.3. The van der Waals surface area contributed by atoms with E-state index in [1.807, 2.05) is 30.3 Å². The molecule has 322 valence electrons. The Balaban J connectivity index is 0.883. The Morgan fingerprint density at radius 1 is 0.328 bits per heavy atom. The first-order chi connectivity index (χ1) is 33.1. The van der Waals surface area contributed by atoms with E-state index in [0.29, 0.717) is 5.82 Å². The van der Waals surface area contributed by atoms with Crippen molar-refractivity contribution >= 4 is 21.9 Å². The summed E-state index contributed by atoms with van der Waals surface area (Å²) in [6, 6.07) is 67.3. The van der Waals surface area contributed by atoms with Crippen molar-refractivity contribution < 1.29 is 4.42 Å². The summed E-state index contributed by atoms with van der Waals surface area (Å²) in [5.41, 5.74) is 23.9. The van der Waals surface area contributed by atoms with Crippen molar-refractivity contribution in [2.75, 3.05) is 0 Å². The molecule has 2 aromatic heterocycles. The summed E-state index contributed by atoms with van der Waals surface area (Å²) in [5.74, 6) is 0.697. The molecule has 14 rings (SSSR count). The molecule has 0 N–H and O–H groups in total. The molecule has 3 nitrogen and oxygen atoms in total. The van der Waals surface area contributed by atoms with Crippen LogP contribution < -0.4 is 0 Å². The minimum Gasteiger partial charge on any atom is -0.456 e. The van der Waals surface area contributed by atoms with Crippen LogP contribution in [0.3, 0.4) is 0 Å². The van der Waals surface area contributed by atoms with E-state index in [4.69, 9.17) is 14.4 Å². The molecular weight excluding hydrogens is 813 g/mol. The Morgan fingerprint density at radius 2 is 0.881 bits per heavy atom. The fourth-order valence-corrected chi connectivity index (χ4v) is 13.2. The molecule has 0 saturated heterocycles. The minimum atomic E-state index is 0.0595. The van der Waals surface area contributed by atoms with Crippen molar-refractivity contribution in [1.82, 2.24) is 9.97 Å². The monoisotopic (exact) mass is 862 g/mol. The Morgan fingerprint density at radius 3 is 1.67 bits per heavy atom. The third kappa shape index (κ3) is 5.96. The van der Waals surface area contributed by atoms with Gasteiger partial charge in [-0.05, 0) is 141 Å². The lowest BCUT2D eigenvalue weighted by Gasteiger charge is -2.37. The van der Waals surface area contributed by atoms with Gasteiger partial charge >= 0.3 is 0 Å². The Hall–Kier alpha value is -7.36. The van der Waals surface area contributed by atoms with Crippen LogP contribution in [0, 0.1) is 0 Å². The van der Waals surface area contributed by atoms with Gasteiger partial charge in [0.05, 0.1) is 11.4 Å². The normalized spacial score (nSPS) is 16.3. The molecule has 8 aromatic carbocycles. The molecular formula is C64H50N2O. The number of hydrogen-bond donors (Lipinski definition) is 0. The summed E-state index contributed by atoms with van der Waals surface area (Å²) in [6.07, 6.45) is 12.8. The number of furan rings is 1. The molecule has 0 amide bonds. The standard InChI is InChI=1S/C64H50N2O/c1-4-17-41(18-5-1)62-65-57(40-58(66-62)46-29-30-50-49-24-7-9-28-59(49)67-60(50)37-46)45-22-15-20-43(36-45)42-19-14-21-44(35-42)47-25-16-27-54-61(47)52-39-55-51(38-56(52)64(54)33-12-3-13-34-64)48-23-6-8-26-53(48)63(55)31-10-2-11-32-63/h1,4-9,14-30,35-40H,2-3,10-13,31-34H2. The molecule has 3 heteroatoms. The summed E-state index contributed by atoms with van der Waals surface area (Å²) in [5, 5.41) is 2.22. The molecule has 4 aliphatic carbocycles. The van der Waals surface area contributed by atoms with Crippen molar-refractivity contribution in [2.24, 2.45) is 0 Å². The van der Waals surface area contributed by atoms with Gasteiger partial charge in [-0.15, -0.1) is 0 Å². The Bertz CT molecular complexity index is 3600. The molecule has 10 aromatic rings. The van der Waals surface area contributed by atoms with Gasteiger partial charge < -0.3 is 4.42 Å². The second-order valence-corrected chi connectivity index (χ2v) is 19.8. The summed E-state index contributed by atoms with van der Waals surface area (Å²) < 4.78 is 6.33. The van der Waals surface area contributed by atoms with E-state index < -0.39 is 0 Å². The second kappa shape index (κ2) is 15.1. The number of aromatic nitrogens is 2. The number of fused-ring (bicyclic) bond motifs is 13. The third-order valence-electron chi connectivity index (χ3n) is 16.3. The lowest BCUT2D eigenvalue weighted by molar-refractivity contribution is 0.350. The van der Waals surface area contributed by atoms with Gasteiger partial charge in [-0.2, -0.15) is 0 Å². The largest absolute Gasteiger partial charge is 0.456 e. The van der Waals surface area contributed by atoms with Crippen LogP contribution in [0.15, 0.2) is 186 Å². The smallest absolute Gasteiger partial charge is 0.160 e. The predicted octanol–water partition coefficient (Wildman–Crippen LogP) is 17.2. The van der Waals surface area contributed by atoms with Gasteiger partial charge in [0.25, 0.3) is 0 Å². The summed E-state index contributed by atoms with van der Waals surface area (Å²) >= 11 is 0. The van der Waals surface area contributed by atoms with Crippen molar-refractivity contribution in [3.05, 3.63) is 204 Å². The molecule has 0 radical (unpaired) electrons. The third-order valence-corrected chi connectivity index (χ3v) is 16.3. The van der Waals surface area contributed by atoms with Gasteiger partial charge in [0.1, 0.15) is 11.2 Å². The summed E-state index contributed by atoms with van der Waals surface area (Å²) in [6.45, 7) is 0. The molecule has 2 heterocycles. The maximum atomic E-state index is 6.33. The lowest BCUT2D eigenvalue weighted by Crippen LogP contribution is -2.29. The summed E-state index contributed by atoms with van der Waals surface area (Å²) in [7, 11) is 0. The molecule has 0 atom stereocenters. The number of benzene rings is 8. The first kappa shape index (κ1) is 38.9. The van der Waals surface area contributed by atoms with Crippen molar-refractivity contribution in [1.29, 1.82) is 0 Å². The van der Waals surface area contributed by atoms with Gasteiger partial charge in [-0.1, -0.05) is 172 Å². The first-order valence-electron chi connectivity index (χ1n) is 24.6. The van der Waals surface area contributed by atoms with E-state index in [2.05, 4.69) is 152 Å². The van der Waals surface area contributed by atoms with Gasteiger partial charge in [0, 0.05) is 38.3 Å². The SMILES string of the molecule is c1ccc(-c2nc(-c3cccc(-c4cccc(-c5cccc6c5-c5cc7c(cc5C65CCCCC5)-c5ccccc5C75CCCCC5)c4)c3)cc(-c3ccc4c(c3)oc3ccccc34)n2)cc1. The van der Waals surface area contributed by atoms with Gasteiger partial charge in [-0.3, -0.25) is 0 Å². The molecule has 2 fully saturated rings. The fraction of sp³-hybridized carbons (Fsp3) is 0.188. The van der Waals surface area contributed by atoms with Crippen LogP contribution in [0.5, 0.6) is 0 Å². The quantitative estimate of drug-likeness (QED) is 0.173. The van der Waals surface area contributed by atoms with Gasteiger partial charge in [0.15, 0.2) is 5.82 Å². The van der Waals surface area contributed by atoms with E-state index >= 15 is 0 Å². The maximum Gasteiger partial charge on any atom is 0.160 e. The number of rotatable bonds is 5. The molecule has 0 bridgehead atoms. The van der Waals surface area contributed by atoms with Crippen LogP contribution in [0.25, 0.3) is 100 Å². The van der Waals surface area contributed by atoms with Gasteiger partial charge in [-0.25, -0.2) is 9.97 Å². The molecule has 0 aliphatic heterocycles. The van der Waals surface area contributed by atoms with Crippen molar-refractivity contribution in [3.8, 4) is 78.4 Å². The maximum absolute atomic E-state index is 6.33. The second-order valence-electron chi connectivity index (χ2n) is 19.8. The zero-order valence-electron chi connectivity index (χ0n) is 37.7. The zero-order valence-corrected chi connectivity index (χ0v) is 37.7. The van der Waals surface area contributed by atoms with E-state index in [9.17, 15) is 0 Å². The van der Waals surface area contributed by atoms with Crippen molar-refractivity contribution in [3.63, 3.8) is 0 Å². The highest BCUT2D eigenvalue weighted by Gasteiger charge is 2.49. The highest BCUT2D eigenvalue weighted by molar-refractivity contribution is 6.06. The van der Waals surface area contributed by atoms with Crippen LogP contribution in [-0.2, 0) is 10.8 Å². The molecule has 2 saturated carbocycles. The van der Waals surface area contributed by atoms with E-state index in [1.54, 1.807) is 22.3 Å². The van der Waals surface area contributed by atoms with E-state index in [-0.39, 0.29) is 10.8 Å².